The van der Waals surface area contributed by atoms with Crippen LogP contribution in [-0.2, 0) is 13.1 Å². The Kier molecular flexibility index (Phi) is 4.23. The van der Waals surface area contributed by atoms with Gasteiger partial charge in [-0.3, -0.25) is 0 Å². The molecule has 0 aliphatic rings. The summed E-state index contributed by atoms with van der Waals surface area (Å²) < 4.78 is 0. The fourth-order valence-electron chi connectivity index (χ4n) is 2.27. The van der Waals surface area contributed by atoms with Crippen LogP contribution in [0.2, 0.25) is 0 Å². The maximum atomic E-state index is 5.62. The minimum absolute atomic E-state index is 0.604. The summed E-state index contributed by atoms with van der Waals surface area (Å²) in [6.07, 6.45) is 0. The zero-order valence-corrected chi connectivity index (χ0v) is 12.0. The third kappa shape index (κ3) is 3.36. The van der Waals surface area contributed by atoms with Crippen molar-refractivity contribution in [1.82, 2.24) is 0 Å². The standard InChI is InChI=1S/C17H22N2/c1-13-4-5-14(2)17(10-13)19(3)12-16-8-6-15(11-18)7-9-16/h4-10H,11-12,18H2,1-3H3. The second kappa shape index (κ2) is 5.89. The molecule has 2 aromatic carbocycles. The van der Waals surface area contributed by atoms with Crippen molar-refractivity contribution in [3.63, 3.8) is 0 Å². The van der Waals surface area contributed by atoms with Gasteiger partial charge in [-0.25, -0.2) is 0 Å². The van der Waals surface area contributed by atoms with Crippen LogP contribution in [0, 0.1) is 13.8 Å². The van der Waals surface area contributed by atoms with Crippen LogP contribution >= 0.6 is 0 Å². The van der Waals surface area contributed by atoms with Crippen molar-refractivity contribution in [2.45, 2.75) is 26.9 Å². The molecule has 0 bridgehead atoms. The Bertz CT molecular complexity index is 544. The van der Waals surface area contributed by atoms with Gasteiger partial charge in [-0.1, -0.05) is 36.4 Å². The summed E-state index contributed by atoms with van der Waals surface area (Å²) in [4.78, 5) is 2.29. The molecule has 2 nitrogen and oxygen atoms in total. The molecule has 0 aromatic heterocycles. The number of rotatable bonds is 4. The lowest BCUT2D eigenvalue weighted by Gasteiger charge is -2.22. The lowest BCUT2D eigenvalue weighted by Crippen LogP contribution is -2.17. The lowest BCUT2D eigenvalue weighted by molar-refractivity contribution is 0.913. The third-order valence-corrected chi connectivity index (χ3v) is 3.45. The van der Waals surface area contributed by atoms with Crippen molar-refractivity contribution < 1.29 is 0 Å². The van der Waals surface area contributed by atoms with Gasteiger partial charge >= 0.3 is 0 Å². The zero-order valence-electron chi connectivity index (χ0n) is 12.0. The SMILES string of the molecule is Cc1ccc(C)c(N(C)Cc2ccc(CN)cc2)c1. The van der Waals surface area contributed by atoms with E-state index < -0.39 is 0 Å². The van der Waals surface area contributed by atoms with Crippen LogP contribution in [0.15, 0.2) is 42.5 Å². The molecule has 0 saturated heterocycles. The van der Waals surface area contributed by atoms with Crippen LogP contribution in [0.5, 0.6) is 0 Å². The fourth-order valence-corrected chi connectivity index (χ4v) is 2.27. The van der Waals surface area contributed by atoms with Crippen molar-refractivity contribution in [2.75, 3.05) is 11.9 Å². The summed E-state index contributed by atoms with van der Waals surface area (Å²) in [5.74, 6) is 0. The van der Waals surface area contributed by atoms with Gasteiger partial charge < -0.3 is 10.6 Å². The molecule has 0 radical (unpaired) electrons. The highest BCUT2D eigenvalue weighted by Crippen LogP contribution is 2.22. The Balaban J connectivity index is 2.15. The van der Waals surface area contributed by atoms with Crippen molar-refractivity contribution in [2.24, 2.45) is 5.73 Å². The topological polar surface area (TPSA) is 29.3 Å². The molecule has 0 spiro atoms. The summed E-state index contributed by atoms with van der Waals surface area (Å²) in [5, 5.41) is 0. The Hall–Kier alpha value is -1.80. The fraction of sp³-hybridized carbons (Fsp3) is 0.294. The van der Waals surface area contributed by atoms with Crippen LogP contribution in [0.25, 0.3) is 0 Å². The van der Waals surface area contributed by atoms with E-state index in [0.717, 1.165) is 6.54 Å². The van der Waals surface area contributed by atoms with Crippen molar-refractivity contribution in [3.8, 4) is 0 Å². The molecule has 0 fully saturated rings. The molecule has 2 N–H and O–H groups in total. The van der Waals surface area contributed by atoms with E-state index in [1.165, 1.54) is 27.9 Å². The summed E-state index contributed by atoms with van der Waals surface area (Å²) in [7, 11) is 2.14. The van der Waals surface area contributed by atoms with E-state index >= 15 is 0 Å². The maximum absolute atomic E-state index is 5.62. The van der Waals surface area contributed by atoms with Crippen molar-refractivity contribution >= 4 is 5.69 Å². The van der Waals surface area contributed by atoms with Gasteiger partial charge in [0.15, 0.2) is 0 Å². The average molecular weight is 254 g/mol. The van der Waals surface area contributed by atoms with Crippen molar-refractivity contribution in [3.05, 3.63) is 64.7 Å². The van der Waals surface area contributed by atoms with Crippen LogP contribution in [0.1, 0.15) is 22.3 Å². The summed E-state index contributed by atoms with van der Waals surface area (Å²) in [5.41, 5.74) is 12.0. The van der Waals surface area contributed by atoms with E-state index in [1.54, 1.807) is 0 Å². The highest BCUT2D eigenvalue weighted by atomic mass is 15.1. The third-order valence-electron chi connectivity index (χ3n) is 3.45. The predicted molar refractivity (Wildman–Crippen MR) is 82.4 cm³/mol. The van der Waals surface area contributed by atoms with Gasteiger partial charge in [-0.2, -0.15) is 0 Å². The minimum atomic E-state index is 0.604. The first kappa shape index (κ1) is 13.6. The monoisotopic (exact) mass is 254 g/mol. The maximum Gasteiger partial charge on any atom is 0.0426 e. The van der Waals surface area contributed by atoms with Gasteiger partial charge in [0.1, 0.15) is 0 Å². The number of benzene rings is 2. The van der Waals surface area contributed by atoms with E-state index in [2.05, 4.69) is 68.3 Å². The van der Waals surface area contributed by atoms with Crippen molar-refractivity contribution in [1.29, 1.82) is 0 Å². The molecule has 2 heteroatoms. The molecule has 0 aliphatic carbocycles. The predicted octanol–water partition coefficient (Wildman–Crippen LogP) is 3.40. The zero-order chi connectivity index (χ0) is 13.8. The molecule has 19 heavy (non-hydrogen) atoms. The van der Waals surface area contributed by atoms with Gasteiger partial charge in [-0.05, 0) is 42.2 Å². The van der Waals surface area contributed by atoms with Gasteiger partial charge in [0, 0.05) is 25.8 Å². The summed E-state index contributed by atoms with van der Waals surface area (Å²) in [6.45, 7) is 5.80. The lowest BCUT2D eigenvalue weighted by atomic mass is 10.1. The van der Waals surface area contributed by atoms with Gasteiger partial charge in [0.05, 0.1) is 0 Å². The molecule has 0 amide bonds. The van der Waals surface area contributed by atoms with Crippen LogP contribution in [-0.4, -0.2) is 7.05 Å². The highest BCUT2D eigenvalue weighted by molar-refractivity contribution is 5.54. The number of aryl methyl sites for hydroxylation is 2. The summed E-state index contributed by atoms with van der Waals surface area (Å²) in [6, 6.07) is 15.1. The number of hydrogen-bond acceptors (Lipinski definition) is 2. The Morgan fingerprint density at radius 2 is 1.58 bits per heavy atom. The first-order valence-electron chi connectivity index (χ1n) is 6.66. The van der Waals surface area contributed by atoms with Crippen LogP contribution < -0.4 is 10.6 Å². The molecule has 0 heterocycles. The highest BCUT2D eigenvalue weighted by Gasteiger charge is 2.05. The van der Waals surface area contributed by atoms with Crippen LogP contribution in [0.4, 0.5) is 5.69 Å². The molecule has 0 aliphatic heterocycles. The Morgan fingerprint density at radius 3 is 2.21 bits per heavy atom. The molecule has 100 valence electrons. The Morgan fingerprint density at radius 1 is 0.947 bits per heavy atom. The first-order chi connectivity index (χ1) is 9.10. The van der Waals surface area contributed by atoms with Gasteiger partial charge in [-0.15, -0.1) is 0 Å². The molecular weight excluding hydrogens is 232 g/mol. The quantitative estimate of drug-likeness (QED) is 0.906. The molecule has 0 atom stereocenters. The van der Waals surface area contributed by atoms with E-state index in [0.29, 0.717) is 6.54 Å². The molecule has 2 aromatic rings. The number of nitrogens with zero attached hydrogens (tertiary/aromatic N) is 1. The average Bonchev–Trinajstić information content (AvgIpc) is 2.42. The number of nitrogens with two attached hydrogens (primary N) is 1. The number of hydrogen-bond donors (Lipinski definition) is 1. The second-order valence-corrected chi connectivity index (χ2v) is 5.17. The second-order valence-electron chi connectivity index (χ2n) is 5.17. The van der Waals surface area contributed by atoms with E-state index in [9.17, 15) is 0 Å². The Labute approximate surface area is 115 Å². The van der Waals surface area contributed by atoms with E-state index in [1.807, 2.05) is 0 Å². The van der Waals surface area contributed by atoms with Gasteiger partial charge in [0.2, 0.25) is 0 Å². The minimum Gasteiger partial charge on any atom is -0.370 e. The first-order valence-corrected chi connectivity index (χ1v) is 6.66. The van der Waals surface area contributed by atoms with Gasteiger partial charge in [0.25, 0.3) is 0 Å². The van der Waals surface area contributed by atoms with Crippen LogP contribution in [0.3, 0.4) is 0 Å². The smallest absolute Gasteiger partial charge is 0.0426 e. The molecule has 0 unspecified atom stereocenters. The summed E-state index contributed by atoms with van der Waals surface area (Å²) >= 11 is 0. The van der Waals surface area contributed by atoms with E-state index in [-0.39, 0.29) is 0 Å². The molecular formula is C17H22N2. The van der Waals surface area contributed by atoms with E-state index in [4.69, 9.17) is 5.73 Å². The molecule has 2 rings (SSSR count). The normalized spacial score (nSPS) is 10.5. The molecule has 0 saturated carbocycles. The number of anilines is 1. The largest absolute Gasteiger partial charge is 0.370 e.